The van der Waals surface area contributed by atoms with Crippen molar-refractivity contribution in [3.8, 4) is 17.2 Å². The van der Waals surface area contributed by atoms with Crippen LogP contribution in [-0.2, 0) is 6.54 Å². The Morgan fingerprint density at radius 1 is 1.22 bits per heavy atom. The Bertz CT molecular complexity index is 570. The normalized spacial score (nSPS) is 13.6. The molecule has 0 unspecified atom stereocenters. The van der Waals surface area contributed by atoms with Gasteiger partial charge in [0, 0.05) is 25.2 Å². The molecule has 1 aliphatic rings. The average Bonchev–Trinajstić information content (AvgIpc) is 2.93. The summed E-state index contributed by atoms with van der Waals surface area (Å²) < 4.78 is 64.1. The molecule has 10 heteroatoms. The molecule has 0 saturated carbocycles. The summed E-state index contributed by atoms with van der Waals surface area (Å²) in [4.78, 5) is 3.75. The predicted molar refractivity (Wildman–Crippen MR) is 73.4 cm³/mol. The van der Waals surface area contributed by atoms with Crippen LogP contribution in [0.3, 0.4) is 0 Å². The highest BCUT2D eigenvalue weighted by Gasteiger charge is 2.20. The highest BCUT2D eigenvalue weighted by Crippen LogP contribution is 2.38. The number of hydrogen-bond acceptors (Lipinski definition) is 4. The van der Waals surface area contributed by atoms with Crippen molar-refractivity contribution in [2.24, 2.45) is 4.99 Å². The fourth-order valence-electron chi connectivity index (χ4n) is 1.88. The van der Waals surface area contributed by atoms with Gasteiger partial charge in [-0.15, -0.1) is 0 Å². The number of nitrogens with zero attached hydrogens (tertiary/aromatic N) is 1. The summed E-state index contributed by atoms with van der Waals surface area (Å²) >= 11 is 0. The maximum atomic E-state index is 12.5. The standard InChI is InChI=1S/C13H15F4N3O3/c1-18-13(20-5-11(14)15)19-4-7-2-9-10(22-6-21-9)3-8(7)23-12(16)17/h2-3,11-12H,4-6H2,1H3,(H2,18,19,20). The summed E-state index contributed by atoms with van der Waals surface area (Å²) in [6.45, 7) is -3.59. The predicted octanol–water partition coefficient (Wildman–Crippen LogP) is 1.95. The SMILES string of the molecule is CN=C(NCc1cc2c(cc1OC(F)F)OCO2)NCC(F)F. The lowest BCUT2D eigenvalue weighted by Gasteiger charge is -2.15. The average molecular weight is 337 g/mol. The zero-order valence-electron chi connectivity index (χ0n) is 12.1. The molecule has 0 amide bonds. The second-order valence-corrected chi connectivity index (χ2v) is 4.39. The van der Waals surface area contributed by atoms with Gasteiger partial charge in [-0.25, -0.2) is 8.78 Å². The van der Waals surface area contributed by atoms with E-state index >= 15 is 0 Å². The fraction of sp³-hybridized carbons (Fsp3) is 0.462. The summed E-state index contributed by atoms with van der Waals surface area (Å²) in [6.07, 6.45) is -2.54. The lowest BCUT2D eigenvalue weighted by Crippen LogP contribution is -2.39. The van der Waals surface area contributed by atoms with Gasteiger partial charge < -0.3 is 24.8 Å². The van der Waals surface area contributed by atoms with Gasteiger partial charge in [-0.2, -0.15) is 8.78 Å². The van der Waals surface area contributed by atoms with Crippen LogP contribution < -0.4 is 24.8 Å². The van der Waals surface area contributed by atoms with Gasteiger partial charge in [-0.3, -0.25) is 4.99 Å². The summed E-state index contributed by atoms with van der Waals surface area (Å²) in [5.41, 5.74) is 0.342. The van der Waals surface area contributed by atoms with Crippen LogP contribution in [0.2, 0.25) is 0 Å². The highest BCUT2D eigenvalue weighted by atomic mass is 19.3. The molecule has 2 rings (SSSR count). The molecule has 0 bridgehead atoms. The molecule has 1 aromatic rings. The van der Waals surface area contributed by atoms with E-state index in [4.69, 9.17) is 9.47 Å². The maximum absolute atomic E-state index is 12.5. The van der Waals surface area contributed by atoms with E-state index in [0.717, 1.165) is 0 Å². The molecule has 1 heterocycles. The van der Waals surface area contributed by atoms with Gasteiger partial charge in [0.15, 0.2) is 17.5 Å². The third-order valence-electron chi connectivity index (χ3n) is 2.87. The van der Waals surface area contributed by atoms with E-state index in [2.05, 4.69) is 20.4 Å². The molecule has 0 aliphatic carbocycles. The van der Waals surface area contributed by atoms with Crippen LogP contribution in [0.5, 0.6) is 17.2 Å². The lowest BCUT2D eigenvalue weighted by atomic mass is 10.1. The largest absolute Gasteiger partial charge is 0.454 e. The second kappa shape index (κ2) is 7.75. The Balaban J connectivity index is 2.08. The molecule has 6 nitrogen and oxygen atoms in total. The minimum absolute atomic E-state index is 0.0155. The maximum Gasteiger partial charge on any atom is 0.387 e. The highest BCUT2D eigenvalue weighted by molar-refractivity contribution is 5.79. The third-order valence-corrected chi connectivity index (χ3v) is 2.87. The number of alkyl halides is 4. The summed E-state index contributed by atoms with van der Waals surface area (Å²) in [5.74, 6) is 0.690. The molecule has 128 valence electrons. The molecular weight excluding hydrogens is 322 g/mol. The molecule has 2 N–H and O–H groups in total. The van der Waals surface area contributed by atoms with Crippen LogP contribution in [-0.4, -0.2) is 39.4 Å². The van der Waals surface area contributed by atoms with E-state index in [1.807, 2.05) is 0 Å². The number of fused-ring (bicyclic) bond motifs is 1. The minimum atomic E-state index is -3.01. The van der Waals surface area contributed by atoms with Gasteiger partial charge in [0.05, 0.1) is 6.54 Å². The van der Waals surface area contributed by atoms with Crippen LogP contribution in [0, 0.1) is 0 Å². The molecule has 1 aliphatic heterocycles. The Hall–Kier alpha value is -2.39. The monoisotopic (exact) mass is 337 g/mol. The number of ether oxygens (including phenoxy) is 3. The Morgan fingerprint density at radius 2 is 1.91 bits per heavy atom. The zero-order valence-corrected chi connectivity index (χ0v) is 12.1. The van der Waals surface area contributed by atoms with Crippen LogP contribution >= 0.6 is 0 Å². The first kappa shape index (κ1) is 17.0. The summed E-state index contributed by atoms with van der Waals surface area (Å²) in [6, 6.07) is 2.77. The first-order valence-corrected chi connectivity index (χ1v) is 6.59. The van der Waals surface area contributed by atoms with E-state index in [9.17, 15) is 17.6 Å². The number of hydrogen-bond donors (Lipinski definition) is 2. The summed E-state index contributed by atoms with van der Waals surface area (Å²) in [5, 5.41) is 5.13. The molecular formula is C13H15F4N3O3. The van der Waals surface area contributed by atoms with Gasteiger partial charge in [0.1, 0.15) is 5.75 Å². The van der Waals surface area contributed by atoms with Crippen molar-refractivity contribution in [3.63, 3.8) is 0 Å². The molecule has 0 spiro atoms. The van der Waals surface area contributed by atoms with Crippen molar-refractivity contribution in [1.82, 2.24) is 10.6 Å². The van der Waals surface area contributed by atoms with Crippen LogP contribution in [0.15, 0.2) is 17.1 Å². The molecule has 0 saturated heterocycles. The van der Waals surface area contributed by atoms with E-state index in [-0.39, 0.29) is 25.0 Å². The van der Waals surface area contributed by atoms with Crippen molar-refractivity contribution in [2.45, 2.75) is 19.6 Å². The quantitative estimate of drug-likeness (QED) is 0.472. The Labute approximate surface area is 129 Å². The van der Waals surface area contributed by atoms with Gasteiger partial charge in [0.25, 0.3) is 6.43 Å². The van der Waals surface area contributed by atoms with Crippen LogP contribution in [0.4, 0.5) is 17.6 Å². The van der Waals surface area contributed by atoms with Crippen molar-refractivity contribution < 1.29 is 31.8 Å². The number of halogens is 4. The number of benzene rings is 1. The van der Waals surface area contributed by atoms with E-state index in [0.29, 0.717) is 17.1 Å². The molecule has 0 aromatic heterocycles. The molecule has 23 heavy (non-hydrogen) atoms. The first-order valence-electron chi connectivity index (χ1n) is 6.59. The Morgan fingerprint density at radius 3 is 2.52 bits per heavy atom. The fourth-order valence-corrected chi connectivity index (χ4v) is 1.88. The molecule has 0 atom stereocenters. The van der Waals surface area contributed by atoms with Gasteiger partial charge in [-0.05, 0) is 6.07 Å². The van der Waals surface area contributed by atoms with Crippen molar-refractivity contribution in [3.05, 3.63) is 17.7 Å². The number of rotatable bonds is 6. The number of aliphatic imine (C=N–C) groups is 1. The topological polar surface area (TPSA) is 64.1 Å². The first-order chi connectivity index (χ1) is 11.0. The molecule has 1 aromatic carbocycles. The number of nitrogens with one attached hydrogen (secondary N) is 2. The Kier molecular flexibility index (Phi) is 5.72. The van der Waals surface area contributed by atoms with E-state index in [1.54, 1.807) is 0 Å². The number of guanidine groups is 1. The second-order valence-electron chi connectivity index (χ2n) is 4.39. The zero-order chi connectivity index (χ0) is 16.8. The third kappa shape index (κ3) is 4.80. The smallest absolute Gasteiger partial charge is 0.387 e. The van der Waals surface area contributed by atoms with Gasteiger partial charge >= 0.3 is 6.61 Å². The van der Waals surface area contributed by atoms with Crippen molar-refractivity contribution >= 4 is 5.96 Å². The van der Waals surface area contributed by atoms with Crippen molar-refractivity contribution in [1.29, 1.82) is 0 Å². The molecule has 0 fully saturated rings. The van der Waals surface area contributed by atoms with Crippen LogP contribution in [0.25, 0.3) is 0 Å². The minimum Gasteiger partial charge on any atom is -0.454 e. The molecule has 0 radical (unpaired) electrons. The lowest BCUT2D eigenvalue weighted by molar-refractivity contribution is -0.0505. The van der Waals surface area contributed by atoms with Gasteiger partial charge in [0.2, 0.25) is 6.79 Å². The van der Waals surface area contributed by atoms with E-state index < -0.39 is 19.6 Å². The van der Waals surface area contributed by atoms with Crippen LogP contribution in [0.1, 0.15) is 5.56 Å². The van der Waals surface area contributed by atoms with Crippen molar-refractivity contribution in [2.75, 3.05) is 20.4 Å². The van der Waals surface area contributed by atoms with E-state index in [1.165, 1.54) is 19.2 Å². The van der Waals surface area contributed by atoms with Gasteiger partial charge in [-0.1, -0.05) is 0 Å². The summed E-state index contributed by atoms with van der Waals surface area (Å²) in [7, 11) is 1.40.